The zero-order valence-corrected chi connectivity index (χ0v) is 8.45. The van der Waals surface area contributed by atoms with E-state index in [0.29, 0.717) is 0 Å². The zero-order valence-electron chi connectivity index (χ0n) is 7.69. The maximum Gasteiger partial charge on any atom is 0.411 e. The van der Waals surface area contributed by atoms with E-state index in [-0.39, 0.29) is 16.4 Å². The van der Waals surface area contributed by atoms with Crippen molar-refractivity contribution < 1.29 is 14.5 Å². The molecule has 0 radical (unpaired) electrons. The number of non-ortho nitro benzene ring substituents is 1. The summed E-state index contributed by atoms with van der Waals surface area (Å²) >= 11 is 5.70. The van der Waals surface area contributed by atoms with E-state index < -0.39 is 11.0 Å². The summed E-state index contributed by atoms with van der Waals surface area (Å²) in [6, 6.07) is 3.71. The second-order valence-corrected chi connectivity index (χ2v) is 2.95. The minimum atomic E-state index is -0.689. The highest BCUT2D eigenvalue weighted by atomic mass is 35.5. The zero-order chi connectivity index (χ0) is 11.4. The van der Waals surface area contributed by atoms with Crippen molar-refractivity contribution in [3.05, 3.63) is 33.3 Å². The highest BCUT2D eigenvalue weighted by molar-refractivity contribution is 6.33. The van der Waals surface area contributed by atoms with Gasteiger partial charge in [0, 0.05) is 12.1 Å². The number of nitro benzene ring substituents is 1. The van der Waals surface area contributed by atoms with Gasteiger partial charge >= 0.3 is 6.09 Å². The first-order chi connectivity index (χ1) is 7.04. The van der Waals surface area contributed by atoms with Crippen molar-refractivity contribution >= 4 is 29.1 Å². The lowest BCUT2D eigenvalue weighted by Gasteiger charge is -2.04. The number of carbonyl (C=O) groups is 1. The Morgan fingerprint density at radius 1 is 1.60 bits per heavy atom. The molecule has 0 heterocycles. The van der Waals surface area contributed by atoms with E-state index in [1.807, 2.05) is 0 Å². The molecule has 1 N–H and O–H groups in total. The Hall–Kier alpha value is -1.82. The molecule has 0 atom stereocenters. The molecule has 1 aromatic rings. The monoisotopic (exact) mass is 230 g/mol. The van der Waals surface area contributed by atoms with Gasteiger partial charge in [-0.15, -0.1) is 0 Å². The first kappa shape index (κ1) is 11.3. The van der Waals surface area contributed by atoms with Crippen molar-refractivity contribution in [2.75, 3.05) is 12.4 Å². The van der Waals surface area contributed by atoms with Crippen molar-refractivity contribution in [1.82, 2.24) is 0 Å². The van der Waals surface area contributed by atoms with Crippen molar-refractivity contribution in [3.8, 4) is 0 Å². The highest BCUT2D eigenvalue weighted by Crippen LogP contribution is 2.26. The predicted octanol–water partition coefficient (Wildman–Crippen LogP) is 2.43. The Morgan fingerprint density at radius 3 is 2.73 bits per heavy atom. The van der Waals surface area contributed by atoms with Crippen LogP contribution in [0, 0.1) is 10.1 Å². The van der Waals surface area contributed by atoms with Crippen LogP contribution in [-0.4, -0.2) is 18.1 Å². The van der Waals surface area contributed by atoms with E-state index in [4.69, 9.17) is 11.6 Å². The molecule has 1 rings (SSSR count). The quantitative estimate of drug-likeness (QED) is 0.625. The van der Waals surface area contributed by atoms with Crippen LogP contribution in [-0.2, 0) is 4.74 Å². The Bertz CT molecular complexity index is 408. The molecule has 80 valence electrons. The number of nitro groups is 1. The fourth-order valence-corrected chi connectivity index (χ4v) is 1.10. The summed E-state index contributed by atoms with van der Waals surface area (Å²) < 4.78 is 4.34. The number of nitrogens with one attached hydrogen (secondary N) is 1. The van der Waals surface area contributed by atoms with Crippen LogP contribution in [0.5, 0.6) is 0 Å². The molecule has 0 bridgehead atoms. The largest absolute Gasteiger partial charge is 0.453 e. The number of halogens is 1. The molecule has 0 saturated heterocycles. The average molecular weight is 231 g/mol. The minimum Gasteiger partial charge on any atom is -0.453 e. The van der Waals surface area contributed by atoms with Gasteiger partial charge in [0.05, 0.1) is 22.7 Å². The molecule has 1 aromatic carbocycles. The number of methoxy groups -OCH3 is 1. The maximum absolute atomic E-state index is 10.8. The van der Waals surface area contributed by atoms with Crippen LogP contribution in [0.25, 0.3) is 0 Å². The van der Waals surface area contributed by atoms with Crippen molar-refractivity contribution in [3.63, 3.8) is 0 Å². The molecular weight excluding hydrogens is 224 g/mol. The number of amides is 1. The molecule has 0 spiro atoms. The normalized spacial score (nSPS) is 9.47. The maximum atomic E-state index is 10.8. The molecule has 15 heavy (non-hydrogen) atoms. The predicted molar refractivity (Wildman–Crippen MR) is 54.1 cm³/mol. The molecule has 0 aliphatic rings. The molecule has 6 nitrogen and oxygen atoms in total. The molecule has 0 aromatic heterocycles. The van der Waals surface area contributed by atoms with E-state index >= 15 is 0 Å². The Kier molecular flexibility index (Phi) is 3.46. The second-order valence-electron chi connectivity index (χ2n) is 2.54. The first-order valence-corrected chi connectivity index (χ1v) is 4.21. The molecule has 0 saturated carbocycles. The first-order valence-electron chi connectivity index (χ1n) is 3.83. The number of rotatable bonds is 2. The van der Waals surface area contributed by atoms with Crippen LogP contribution >= 0.6 is 11.6 Å². The SMILES string of the molecule is COC(=O)Nc1ccc([N+](=O)[O-])cc1Cl. The Balaban J connectivity index is 2.93. The Morgan fingerprint density at radius 2 is 2.27 bits per heavy atom. The smallest absolute Gasteiger partial charge is 0.411 e. The lowest BCUT2D eigenvalue weighted by Crippen LogP contribution is -2.11. The van der Waals surface area contributed by atoms with Gasteiger partial charge < -0.3 is 4.74 Å². The third-order valence-corrected chi connectivity index (χ3v) is 1.90. The number of ether oxygens (including phenoxy) is 1. The van der Waals surface area contributed by atoms with Crippen LogP contribution in [0.3, 0.4) is 0 Å². The fourth-order valence-electron chi connectivity index (χ4n) is 0.880. The number of anilines is 1. The average Bonchev–Trinajstić information content (AvgIpc) is 2.20. The molecule has 0 aliphatic carbocycles. The number of hydrogen-bond donors (Lipinski definition) is 1. The van der Waals surface area contributed by atoms with E-state index in [0.717, 1.165) is 6.07 Å². The van der Waals surface area contributed by atoms with Gasteiger partial charge in [0.25, 0.3) is 5.69 Å². The number of hydrogen-bond acceptors (Lipinski definition) is 4. The standard InChI is InChI=1S/C8H7ClN2O4/c1-15-8(12)10-7-3-2-5(11(13)14)4-6(7)9/h2-4H,1H3,(H,10,12). The summed E-state index contributed by atoms with van der Waals surface area (Å²) in [5.74, 6) is 0. The summed E-state index contributed by atoms with van der Waals surface area (Å²) in [6.45, 7) is 0. The van der Waals surface area contributed by atoms with Crippen LogP contribution in [0.4, 0.5) is 16.2 Å². The van der Waals surface area contributed by atoms with Gasteiger partial charge in [-0.25, -0.2) is 4.79 Å². The number of nitrogens with zero attached hydrogens (tertiary/aromatic N) is 1. The van der Waals surface area contributed by atoms with Crippen LogP contribution in [0.1, 0.15) is 0 Å². The minimum absolute atomic E-state index is 0.0783. The van der Waals surface area contributed by atoms with Crippen molar-refractivity contribution in [2.45, 2.75) is 0 Å². The van der Waals surface area contributed by atoms with Crippen molar-refractivity contribution in [2.24, 2.45) is 0 Å². The third kappa shape index (κ3) is 2.81. The summed E-state index contributed by atoms with van der Waals surface area (Å²) in [5, 5.41) is 12.8. The molecule has 7 heteroatoms. The van der Waals surface area contributed by atoms with Gasteiger partial charge in [0.15, 0.2) is 0 Å². The van der Waals surface area contributed by atoms with E-state index in [9.17, 15) is 14.9 Å². The fraction of sp³-hybridized carbons (Fsp3) is 0.125. The van der Waals surface area contributed by atoms with Gasteiger partial charge in [-0.1, -0.05) is 11.6 Å². The molecule has 0 unspecified atom stereocenters. The molecule has 1 amide bonds. The van der Waals surface area contributed by atoms with E-state index in [2.05, 4.69) is 10.1 Å². The van der Waals surface area contributed by atoms with Crippen LogP contribution in [0.2, 0.25) is 5.02 Å². The van der Waals surface area contributed by atoms with Gasteiger partial charge in [-0.2, -0.15) is 0 Å². The van der Waals surface area contributed by atoms with Gasteiger partial charge in [0.2, 0.25) is 0 Å². The van der Waals surface area contributed by atoms with Crippen LogP contribution in [0.15, 0.2) is 18.2 Å². The highest BCUT2D eigenvalue weighted by Gasteiger charge is 2.11. The molecule has 0 aliphatic heterocycles. The van der Waals surface area contributed by atoms with Gasteiger partial charge in [-0.3, -0.25) is 15.4 Å². The summed E-state index contributed by atoms with van der Waals surface area (Å²) in [4.78, 5) is 20.6. The van der Waals surface area contributed by atoms with Crippen LogP contribution < -0.4 is 5.32 Å². The van der Waals surface area contributed by atoms with E-state index in [1.165, 1.54) is 19.2 Å². The summed E-state index contributed by atoms with van der Waals surface area (Å²) in [7, 11) is 1.20. The summed E-state index contributed by atoms with van der Waals surface area (Å²) in [5.41, 5.74) is 0.115. The Labute approximate surface area is 89.9 Å². The summed E-state index contributed by atoms with van der Waals surface area (Å²) in [6.07, 6.45) is -0.689. The molecular formula is C8H7ClN2O4. The second kappa shape index (κ2) is 4.61. The lowest BCUT2D eigenvalue weighted by atomic mass is 10.3. The number of carbonyl (C=O) groups excluding carboxylic acids is 1. The van der Waals surface area contributed by atoms with Gasteiger partial charge in [0.1, 0.15) is 0 Å². The van der Waals surface area contributed by atoms with Gasteiger partial charge in [-0.05, 0) is 6.07 Å². The lowest BCUT2D eigenvalue weighted by molar-refractivity contribution is -0.384. The number of benzene rings is 1. The van der Waals surface area contributed by atoms with Crippen molar-refractivity contribution in [1.29, 1.82) is 0 Å². The molecule has 0 fully saturated rings. The van der Waals surface area contributed by atoms with E-state index in [1.54, 1.807) is 0 Å². The third-order valence-electron chi connectivity index (χ3n) is 1.59. The topological polar surface area (TPSA) is 81.5 Å².